The number of carbonyl (C=O) groups excluding carboxylic acids is 1. The summed E-state index contributed by atoms with van der Waals surface area (Å²) in [6.07, 6.45) is 4.28. The molecule has 2 aromatic heterocycles. The van der Waals surface area contributed by atoms with Gasteiger partial charge in [-0.15, -0.1) is 0 Å². The van der Waals surface area contributed by atoms with Gasteiger partial charge in [0.2, 0.25) is 5.91 Å². The van der Waals surface area contributed by atoms with Crippen LogP contribution in [0.25, 0.3) is 11.1 Å². The van der Waals surface area contributed by atoms with E-state index in [4.69, 9.17) is 0 Å². The van der Waals surface area contributed by atoms with Crippen molar-refractivity contribution in [3.05, 3.63) is 47.7 Å². The van der Waals surface area contributed by atoms with Gasteiger partial charge in [0.1, 0.15) is 5.82 Å². The summed E-state index contributed by atoms with van der Waals surface area (Å²) in [7, 11) is 3.69. The zero-order valence-electron chi connectivity index (χ0n) is 15.5. The fourth-order valence-electron chi connectivity index (χ4n) is 3.46. The van der Waals surface area contributed by atoms with Crippen molar-refractivity contribution < 1.29 is 9.18 Å². The van der Waals surface area contributed by atoms with E-state index in [1.54, 1.807) is 33.5 Å². The fourth-order valence-corrected chi connectivity index (χ4v) is 3.46. The van der Waals surface area contributed by atoms with E-state index in [0.29, 0.717) is 24.6 Å². The Morgan fingerprint density at radius 1 is 1.26 bits per heavy atom. The topological polar surface area (TPSA) is 68.0 Å². The molecule has 3 aromatic rings. The van der Waals surface area contributed by atoms with Gasteiger partial charge >= 0.3 is 0 Å². The second-order valence-electron chi connectivity index (χ2n) is 6.81. The van der Waals surface area contributed by atoms with E-state index >= 15 is 0 Å². The minimum Gasteiger partial charge on any atom is -0.338 e. The monoisotopic (exact) mass is 368 g/mol. The van der Waals surface area contributed by atoms with Crippen LogP contribution in [0.2, 0.25) is 0 Å². The predicted molar refractivity (Wildman–Crippen MR) is 99.9 cm³/mol. The summed E-state index contributed by atoms with van der Waals surface area (Å²) in [5, 5.41) is 11.7. The van der Waals surface area contributed by atoms with Crippen molar-refractivity contribution in [2.75, 3.05) is 11.9 Å². The highest BCUT2D eigenvalue weighted by molar-refractivity contribution is 5.74. The molecule has 8 heteroatoms. The number of fused-ring (bicyclic) bond motifs is 1. The van der Waals surface area contributed by atoms with E-state index in [9.17, 15) is 9.18 Å². The molecule has 0 spiro atoms. The summed E-state index contributed by atoms with van der Waals surface area (Å²) < 4.78 is 18.2. The lowest BCUT2D eigenvalue weighted by Crippen LogP contribution is -2.34. The molecule has 27 heavy (non-hydrogen) atoms. The van der Waals surface area contributed by atoms with Crippen LogP contribution in [0.3, 0.4) is 0 Å². The molecule has 0 bridgehead atoms. The van der Waals surface area contributed by atoms with Gasteiger partial charge in [0.25, 0.3) is 0 Å². The number of hydrogen-bond acceptors (Lipinski definition) is 4. The Balaban J connectivity index is 1.62. The summed E-state index contributed by atoms with van der Waals surface area (Å²) in [6, 6.07) is 5.03. The molecule has 1 aromatic carbocycles. The zero-order chi connectivity index (χ0) is 19.1. The van der Waals surface area contributed by atoms with Crippen molar-refractivity contribution in [3.63, 3.8) is 0 Å². The first-order chi connectivity index (χ1) is 12.9. The number of rotatable bonds is 3. The largest absolute Gasteiger partial charge is 0.338 e. The number of benzene rings is 1. The maximum absolute atomic E-state index is 14.7. The first-order valence-electron chi connectivity index (χ1n) is 8.78. The van der Waals surface area contributed by atoms with E-state index < -0.39 is 0 Å². The molecule has 0 atom stereocenters. The maximum Gasteiger partial charge on any atom is 0.219 e. The van der Waals surface area contributed by atoms with Crippen LogP contribution >= 0.6 is 0 Å². The van der Waals surface area contributed by atoms with Crippen molar-refractivity contribution in [3.8, 4) is 11.1 Å². The summed E-state index contributed by atoms with van der Waals surface area (Å²) in [5.41, 5.74) is 3.98. The minimum atomic E-state index is -0.366. The summed E-state index contributed by atoms with van der Waals surface area (Å²) in [5.74, 6) is 0.254. The van der Waals surface area contributed by atoms with Gasteiger partial charge in [0, 0.05) is 57.0 Å². The van der Waals surface area contributed by atoms with Crippen LogP contribution in [-0.4, -0.2) is 36.9 Å². The van der Waals surface area contributed by atoms with Gasteiger partial charge in [-0.1, -0.05) is 6.07 Å². The Morgan fingerprint density at radius 2 is 2.07 bits per heavy atom. The van der Waals surface area contributed by atoms with Crippen LogP contribution in [0.15, 0.2) is 30.6 Å². The number of aryl methyl sites for hydroxylation is 2. The average Bonchev–Trinajstić information content (AvgIpc) is 3.20. The van der Waals surface area contributed by atoms with E-state index in [1.165, 1.54) is 6.07 Å². The Morgan fingerprint density at radius 3 is 2.74 bits per heavy atom. The Labute approximate surface area is 156 Å². The zero-order valence-corrected chi connectivity index (χ0v) is 15.5. The Bertz CT molecular complexity index is 1020. The van der Waals surface area contributed by atoms with Crippen molar-refractivity contribution >= 4 is 17.4 Å². The van der Waals surface area contributed by atoms with Gasteiger partial charge < -0.3 is 10.2 Å². The molecule has 1 aliphatic heterocycles. The molecule has 3 heterocycles. The third kappa shape index (κ3) is 3.18. The smallest absolute Gasteiger partial charge is 0.219 e. The number of halogens is 1. The highest BCUT2D eigenvalue weighted by atomic mass is 19.1. The number of anilines is 2. The third-order valence-corrected chi connectivity index (χ3v) is 4.95. The van der Waals surface area contributed by atoms with Gasteiger partial charge in [-0.2, -0.15) is 10.2 Å². The van der Waals surface area contributed by atoms with Crippen LogP contribution < -0.4 is 5.32 Å². The number of amides is 1. The van der Waals surface area contributed by atoms with Gasteiger partial charge in [0.05, 0.1) is 18.4 Å². The Kier molecular flexibility index (Phi) is 4.18. The van der Waals surface area contributed by atoms with Crippen molar-refractivity contribution in [1.29, 1.82) is 0 Å². The molecular weight excluding hydrogens is 347 g/mol. The molecule has 1 N–H and O–H groups in total. The molecule has 1 amide bonds. The number of nitrogens with zero attached hydrogens (tertiary/aromatic N) is 5. The number of aromatic nitrogens is 4. The number of carbonyl (C=O) groups is 1. The molecule has 1 aliphatic rings. The highest BCUT2D eigenvalue weighted by Crippen LogP contribution is 2.30. The molecule has 0 saturated heterocycles. The minimum absolute atomic E-state index is 0.0301. The molecular formula is C19H21FN6O. The molecule has 0 unspecified atom stereocenters. The van der Waals surface area contributed by atoms with Crippen LogP contribution in [0, 0.1) is 5.82 Å². The van der Waals surface area contributed by atoms with Crippen LogP contribution in [0.1, 0.15) is 18.2 Å². The predicted octanol–water partition coefficient (Wildman–Crippen LogP) is 2.61. The number of hydrogen-bond donors (Lipinski definition) is 1. The standard InChI is InChI=1S/C19H21FN6O/c1-12(27)26-7-6-18-15(11-26)19(23-25(18)3)22-17-5-4-13(8-16(17)20)14-9-21-24(2)10-14/h4-5,8-10H,6-7,11H2,1-3H3,(H,22,23). The van der Waals surface area contributed by atoms with Gasteiger partial charge in [-0.3, -0.25) is 14.2 Å². The van der Waals surface area contributed by atoms with E-state index in [1.807, 2.05) is 26.4 Å². The van der Waals surface area contributed by atoms with Crippen molar-refractivity contribution in [2.24, 2.45) is 14.1 Å². The first-order valence-corrected chi connectivity index (χ1v) is 8.78. The normalized spacial score (nSPS) is 13.6. The molecule has 140 valence electrons. The van der Waals surface area contributed by atoms with E-state index in [-0.39, 0.29) is 11.7 Å². The summed E-state index contributed by atoms with van der Waals surface area (Å²) in [6.45, 7) is 2.72. The lowest BCUT2D eigenvalue weighted by molar-refractivity contribution is -0.129. The molecule has 0 radical (unpaired) electrons. The highest BCUT2D eigenvalue weighted by Gasteiger charge is 2.25. The van der Waals surface area contributed by atoms with Crippen molar-refractivity contribution in [2.45, 2.75) is 19.9 Å². The molecule has 0 aliphatic carbocycles. The van der Waals surface area contributed by atoms with Crippen LogP contribution in [0.4, 0.5) is 15.9 Å². The van der Waals surface area contributed by atoms with Gasteiger partial charge in [0.15, 0.2) is 5.82 Å². The summed E-state index contributed by atoms with van der Waals surface area (Å²) >= 11 is 0. The second kappa shape index (κ2) is 6.53. The van der Waals surface area contributed by atoms with E-state index in [0.717, 1.165) is 28.8 Å². The first kappa shape index (κ1) is 17.3. The lowest BCUT2D eigenvalue weighted by atomic mass is 10.1. The lowest BCUT2D eigenvalue weighted by Gasteiger charge is -2.26. The van der Waals surface area contributed by atoms with Gasteiger partial charge in [-0.05, 0) is 17.7 Å². The van der Waals surface area contributed by atoms with Crippen LogP contribution in [0.5, 0.6) is 0 Å². The molecule has 0 fully saturated rings. The fraction of sp³-hybridized carbons (Fsp3) is 0.316. The Hall–Kier alpha value is -3.16. The quantitative estimate of drug-likeness (QED) is 0.772. The van der Waals surface area contributed by atoms with Crippen molar-refractivity contribution in [1.82, 2.24) is 24.5 Å². The molecule has 0 saturated carbocycles. The second-order valence-corrected chi connectivity index (χ2v) is 6.81. The molecule has 7 nitrogen and oxygen atoms in total. The van der Waals surface area contributed by atoms with E-state index in [2.05, 4.69) is 15.5 Å². The maximum atomic E-state index is 14.7. The third-order valence-electron chi connectivity index (χ3n) is 4.95. The van der Waals surface area contributed by atoms with Gasteiger partial charge in [-0.25, -0.2) is 4.39 Å². The number of nitrogens with one attached hydrogen (secondary N) is 1. The molecule has 4 rings (SSSR count). The average molecular weight is 368 g/mol. The van der Waals surface area contributed by atoms with Crippen LogP contribution in [-0.2, 0) is 31.9 Å². The SMILES string of the molecule is CC(=O)N1CCc2c(c(Nc3ccc(-c4cnn(C)c4)cc3F)nn2C)C1. The summed E-state index contributed by atoms with van der Waals surface area (Å²) in [4.78, 5) is 13.5.